The van der Waals surface area contributed by atoms with E-state index in [-0.39, 0.29) is 17.4 Å². The molecule has 0 spiro atoms. The van der Waals surface area contributed by atoms with Gasteiger partial charge in [0.15, 0.2) is 5.03 Å². The van der Waals surface area contributed by atoms with Gasteiger partial charge in [0.1, 0.15) is 5.82 Å². The Kier molecular flexibility index (Phi) is 8.99. The van der Waals surface area contributed by atoms with E-state index in [0.717, 1.165) is 12.0 Å². The number of hydrogen-bond acceptors (Lipinski definition) is 8. The van der Waals surface area contributed by atoms with E-state index in [2.05, 4.69) is 4.98 Å². The summed E-state index contributed by atoms with van der Waals surface area (Å²) in [5.41, 5.74) is 1.87. The van der Waals surface area contributed by atoms with Crippen LogP contribution in [0, 0.1) is 0 Å². The van der Waals surface area contributed by atoms with Crippen molar-refractivity contribution in [2.75, 3.05) is 12.9 Å². The van der Waals surface area contributed by atoms with Gasteiger partial charge >= 0.3 is 12.2 Å². The molecule has 3 rings (SSSR count). The maximum absolute atomic E-state index is 12.8. The second kappa shape index (κ2) is 12.0. The molecule has 3 aromatic rings. The number of carboxylic acid groups (broad SMARTS) is 1. The van der Waals surface area contributed by atoms with Crippen molar-refractivity contribution < 1.29 is 32.6 Å². The number of amides is 1. The molecule has 2 aromatic carbocycles. The third kappa shape index (κ3) is 6.38. The molecule has 1 amide bonds. The summed E-state index contributed by atoms with van der Waals surface area (Å²) >= 11 is 1.30. The van der Waals surface area contributed by atoms with Crippen molar-refractivity contribution in [2.24, 2.45) is 0 Å². The number of nitrogens with one attached hydrogen (secondary N) is 1. The SMILES string of the molecule is CCCc1nc(SC)c(OC(=O)O)n1Cc1ccc(-c2ccccc2S(=O)(=O)NC(=O)OCC)cc1. The summed E-state index contributed by atoms with van der Waals surface area (Å²) in [6.45, 7) is 3.94. The number of aryl methyl sites for hydroxylation is 1. The number of hydrogen-bond donors (Lipinski definition) is 2. The minimum absolute atomic E-state index is 0.0407. The number of ether oxygens (including phenoxy) is 2. The molecule has 0 saturated heterocycles. The van der Waals surface area contributed by atoms with Crippen LogP contribution in [0.5, 0.6) is 5.88 Å². The van der Waals surface area contributed by atoms with E-state index in [1.807, 2.05) is 23.8 Å². The number of carbonyl (C=O) groups is 2. The molecule has 36 heavy (non-hydrogen) atoms. The van der Waals surface area contributed by atoms with E-state index in [1.165, 1.54) is 17.8 Å². The highest BCUT2D eigenvalue weighted by Gasteiger charge is 2.23. The quantitative estimate of drug-likeness (QED) is 0.279. The number of thioether (sulfide) groups is 1. The van der Waals surface area contributed by atoms with E-state index in [4.69, 9.17) is 9.47 Å². The number of benzene rings is 2. The maximum Gasteiger partial charge on any atom is 0.512 e. The largest absolute Gasteiger partial charge is 0.512 e. The molecular formula is C24H27N3O7S2. The zero-order valence-electron chi connectivity index (χ0n) is 20.1. The average Bonchev–Trinajstić information content (AvgIpc) is 3.15. The Balaban J connectivity index is 1.94. The lowest BCUT2D eigenvalue weighted by atomic mass is 10.0. The van der Waals surface area contributed by atoms with Crippen LogP contribution < -0.4 is 9.46 Å². The predicted molar refractivity (Wildman–Crippen MR) is 135 cm³/mol. The number of rotatable bonds is 10. The molecule has 10 nitrogen and oxygen atoms in total. The summed E-state index contributed by atoms with van der Waals surface area (Å²) in [7, 11) is -4.16. The summed E-state index contributed by atoms with van der Waals surface area (Å²) < 4.78 is 39.0. The molecule has 2 N–H and O–H groups in total. The van der Waals surface area contributed by atoms with Crippen molar-refractivity contribution in [2.45, 2.75) is 43.2 Å². The lowest BCUT2D eigenvalue weighted by molar-refractivity contribution is 0.139. The smallest absolute Gasteiger partial charge is 0.449 e. The van der Waals surface area contributed by atoms with Crippen LogP contribution in [0.3, 0.4) is 0 Å². The van der Waals surface area contributed by atoms with Crippen LogP contribution in [-0.4, -0.2) is 48.2 Å². The standard InChI is InChI=1S/C24H27N3O7S2/c1-4-8-20-25-21(35-3)22(34-24(29)30)27(20)15-16-11-13-17(14-12-16)18-9-6-7-10-19(18)36(31,32)26-23(28)33-5-2/h6-7,9-14H,4-5,8,15H2,1-3H3,(H,26,28)(H,29,30). The second-order valence-corrected chi connectivity index (χ2v) is 10.0. The molecule has 0 fully saturated rings. The molecule has 1 aromatic heterocycles. The third-order valence-corrected chi connectivity index (χ3v) is 7.12. The number of imidazole rings is 1. The number of carbonyl (C=O) groups excluding carboxylic acids is 1. The molecule has 0 bridgehead atoms. The Morgan fingerprint density at radius 1 is 1.11 bits per heavy atom. The minimum Gasteiger partial charge on any atom is -0.449 e. The highest BCUT2D eigenvalue weighted by atomic mass is 32.2. The first kappa shape index (κ1) is 27.1. The van der Waals surface area contributed by atoms with Crippen LogP contribution in [-0.2, 0) is 27.7 Å². The van der Waals surface area contributed by atoms with Gasteiger partial charge in [-0.15, -0.1) is 11.8 Å². The number of nitrogens with zero attached hydrogens (tertiary/aromatic N) is 2. The van der Waals surface area contributed by atoms with Gasteiger partial charge in [-0.25, -0.2) is 27.7 Å². The van der Waals surface area contributed by atoms with Gasteiger partial charge in [0, 0.05) is 12.0 Å². The fourth-order valence-electron chi connectivity index (χ4n) is 3.59. The van der Waals surface area contributed by atoms with Crippen molar-refractivity contribution in [3.05, 3.63) is 59.9 Å². The van der Waals surface area contributed by atoms with Crippen LogP contribution in [0.25, 0.3) is 11.1 Å². The number of sulfonamides is 1. The Labute approximate surface area is 213 Å². The average molecular weight is 534 g/mol. The van der Waals surface area contributed by atoms with Gasteiger partial charge in [-0.2, -0.15) is 0 Å². The Bertz CT molecular complexity index is 1340. The predicted octanol–water partition coefficient (Wildman–Crippen LogP) is 4.76. The Morgan fingerprint density at radius 3 is 2.42 bits per heavy atom. The van der Waals surface area contributed by atoms with Crippen molar-refractivity contribution in [3.8, 4) is 17.0 Å². The van der Waals surface area contributed by atoms with Crippen molar-refractivity contribution >= 4 is 34.0 Å². The zero-order valence-corrected chi connectivity index (χ0v) is 21.7. The molecule has 192 valence electrons. The molecular weight excluding hydrogens is 506 g/mol. The van der Waals surface area contributed by atoms with Crippen LogP contribution in [0.4, 0.5) is 9.59 Å². The van der Waals surface area contributed by atoms with Crippen molar-refractivity contribution in [1.82, 2.24) is 14.3 Å². The fourth-order valence-corrected chi connectivity index (χ4v) is 5.23. The van der Waals surface area contributed by atoms with Gasteiger partial charge in [0.2, 0.25) is 5.88 Å². The van der Waals surface area contributed by atoms with Crippen molar-refractivity contribution in [3.63, 3.8) is 0 Å². The van der Waals surface area contributed by atoms with Gasteiger partial charge in [0.25, 0.3) is 10.0 Å². The molecule has 0 aliphatic rings. The molecule has 0 unspecified atom stereocenters. The monoisotopic (exact) mass is 533 g/mol. The maximum atomic E-state index is 12.8. The third-order valence-electron chi connectivity index (χ3n) is 5.10. The fraction of sp³-hybridized carbons (Fsp3) is 0.292. The topological polar surface area (TPSA) is 137 Å². The normalized spacial score (nSPS) is 11.2. The summed E-state index contributed by atoms with van der Waals surface area (Å²) in [6, 6.07) is 13.5. The van der Waals surface area contributed by atoms with Gasteiger partial charge in [0.05, 0.1) is 18.0 Å². The van der Waals surface area contributed by atoms with Gasteiger partial charge in [-0.05, 0) is 36.8 Å². The van der Waals surface area contributed by atoms with E-state index < -0.39 is 22.3 Å². The molecule has 12 heteroatoms. The summed E-state index contributed by atoms with van der Waals surface area (Å²) in [5, 5.41) is 9.69. The van der Waals surface area contributed by atoms with E-state index in [9.17, 15) is 23.1 Å². The highest BCUT2D eigenvalue weighted by Crippen LogP contribution is 2.31. The molecule has 0 aliphatic heterocycles. The van der Waals surface area contributed by atoms with Gasteiger partial charge < -0.3 is 14.6 Å². The summed E-state index contributed by atoms with van der Waals surface area (Å²) in [5.74, 6) is 0.882. The molecule has 0 saturated carbocycles. The lowest BCUT2D eigenvalue weighted by Crippen LogP contribution is -2.31. The van der Waals surface area contributed by atoms with Crippen LogP contribution in [0.15, 0.2) is 58.5 Å². The second-order valence-electron chi connectivity index (χ2n) is 7.57. The van der Waals surface area contributed by atoms with Gasteiger partial charge in [-0.1, -0.05) is 49.4 Å². The zero-order chi connectivity index (χ0) is 26.3. The van der Waals surface area contributed by atoms with Crippen molar-refractivity contribution in [1.29, 1.82) is 0 Å². The first-order chi connectivity index (χ1) is 17.2. The lowest BCUT2D eigenvalue weighted by Gasteiger charge is -2.13. The van der Waals surface area contributed by atoms with Crippen LogP contribution >= 0.6 is 11.8 Å². The summed E-state index contributed by atoms with van der Waals surface area (Å²) in [4.78, 5) is 27.5. The minimum atomic E-state index is -4.16. The van der Waals surface area contributed by atoms with Crippen LogP contribution in [0.2, 0.25) is 0 Å². The first-order valence-corrected chi connectivity index (χ1v) is 13.8. The molecule has 1 heterocycles. The number of aromatic nitrogens is 2. The molecule has 0 atom stereocenters. The summed E-state index contributed by atoms with van der Waals surface area (Å²) in [6.07, 6.45) is 0.803. The molecule has 0 aliphatic carbocycles. The van der Waals surface area contributed by atoms with Gasteiger partial charge in [-0.3, -0.25) is 4.57 Å². The van der Waals surface area contributed by atoms with E-state index >= 15 is 0 Å². The van der Waals surface area contributed by atoms with Crippen LogP contribution in [0.1, 0.15) is 31.7 Å². The first-order valence-electron chi connectivity index (χ1n) is 11.1. The van der Waals surface area contributed by atoms with E-state index in [0.29, 0.717) is 34.9 Å². The van der Waals surface area contributed by atoms with E-state index in [1.54, 1.807) is 48.1 Å². The Morgan fingerprint density at radius 2 is 1.81 bits per heavy atom. The molecule has 0 radical (unpaired) electrons. The Hall–Kier alpha value is -3.51. The highest BCUT2D eigenvalue weighted by molar-refractivity contribution is 7.98.